The van der Waals surface area contributed by atoms with Gasteiger partial charge in [0.05, 0.1) is 13.2 Å². The summed E-state index contributed by atoms with van der Waals surface area (Å²) in [7, 11) is 1.46. The van der Waals surface area contributed by atoms with E-state index in [2.05, 4.69) is 6.92 Å². The normalized spacial score (nSPS) is 20.0. The lowest BCUT2D eigenvalue weighted by Gasteiger charge is -2.38. The van der Waals surface area contributed by atoms with Crippen LogP contribution in [-0.2, 0) is 6.42 Å². The lowest BCUT2D eigenvalue weighted by atomic mass is 9.70. The third kappa shape index (κ3) is 3.08. The first-order chi connectivity index (χ1) is 9.07. The molecule has 1 aliphatic carbocycles. The molecule has 0 amide bonds. The second-order valence-corrected chi connectivity index (χ2v) is 5.87. The number of aliphatic hydroxyl groups is 1. The van der Waals surface area contributed by atoms with E-state index in [0.29, 0.717) is 12.0 Å². The Bertz CT molecular complexity index is 425. The second kappa shape index (κ2) is 5.91. The lowest BCUT2D eigenvalue weighted by Crippen LogP contribution is -2.36. The topological polar surface area (TPSA) is 29.5 Å². The van der Waals surface area contributed by atoms with Crippen LogP contribution in [0.15, 0.2) is 18.2 Å². The molecule has 1 aromatic carbocycles. The van der Waals surface area contributed by atoms with E-state index in [9.17, 15) is 9.50 Å². The van der Waals surface area contributed by atoms with Gasteiger partial charge in [0.2, 0.25) is 0 Å². The van der Waals surface area contributed by atoms with Crippen molar-refractivity contribution in [2.45, 2.75) is 51.6 Å². The first kappa shape index (κ1) is 14.3. The van der Waals surface area contributed by atoms with Gasteiger partial charge in [0.15, 0.2) is 11.6 Å². The molecule has 1 aliphatic rings. The molecule has 106 valence electrons. The average molecular weight is 266 g/mol. The molecule has 1 N–H and O–H groups in total. The van der Waals surface area contributed by atoms with Crippen molar-refractivity contribution in [3.8, 4) is 5.75 Å². The van der Waals surface area contributed by atoms with Crippen molar-refractivity contribution in [2.75, 3.05) is 7.11 Å². The lowest BCUT2D eigenvalue weighted by molar-refractivity contribution is 0.00984. The van der Waals surface area contributed by atoms with Gasteiger partial charge in [-0.2, -0.15) is 0 Å². The van der Waals surface area contributed by atoms with Gasteiger partial charge in [-0.15, -0.1) is 0 Å². The molecule has 0 saturated heterocycles. The van der Waals surface area contributed by atoms with Crippen molar-refractivity contribution < 1.29 is 14.2 Å². The van der Waals surface area contributed by atoms with Crippen LogP contribution in [0.2, 0.25) is 0 Å². The van der Waals surface area contributed by atoms with Crippen molar-refractivity contribution in [1.82, 2.24) is 0 Å². The largest absolute Gasteiger partial charge is 0.494 e. The maximum absolute atomic E-state index is 14.1. The van der Waals surface area contributed by atoms with Gasteiger partial charge < -0.3 is 9.84 Å². The Morgan fingerprint density at radius 1 is 1.32 bits per heavy atom. The van der Waals surface area contributed by atoms with E-state index < -0.39 is 6.10 Å². The van der Waals surface area contributed by atoms with E-state index >= 15 is 0 Å². The summed E-state index contributed by atoms with van der Waals surface area (Å²) in [6.07, 6.45) is 5.49. The summed E-state index contributed by atoms with van der Waals surface area (Å²) >= 11 is 0. The molecular formula is C16H23FO2. The minimum absolute atomic E-state index is 0.0756. The monoisotopic (exact) mass is 266 g/mol. The van der Waals surface area contributed by atoms with Crippen LogP contribution in [0.3, 0.4) is 0 Å². The standard InChI is InChI=1S/C16H23FO2/c1-16(9-4-3-5-10-16)14(18)11-12-7-6-8-13(19-2)15(12)17/h6-8,14,18H,3-5,9-11H2,1-2H3. The number of rotatable bonds is 4. The fourth-order valence-electron chi connectivity index (χ4n) is 3.02. The molecule has 1 unspecified atom stereocenters. The Labute approximate surface area is 114 Å². The predicted molar refractivity (Wildman–Crippen MR) is 73.9 cm³/mol. The van der Waals surface area contributed by atoms with Crippen molar-refractivity contribution in [3.63, 3.8) is 0 Å². The van der Waals surface area contributed by atoms with Crippen LogP contribution >= 0.6 is 0 Å². The summed E-state index contributed by atoms with van der Waals surface area (Å²) < 4.78 is 19.1. The van der Waals surface area contributed by atoms with Crippen LogP contribution in [0.1, 0.15) is 44.6 Å². The highest BCUT2D eigenvalue weighted by molar-refractivity contribution is 5.31. The van der Waals surface area contributed by atoms with Gasteiger partial charge in [-0.3, -0.25) is 0 Å². The third-order valence-electron chi connectivity index (χ3n) is 4.48. The Balaban J connectivity index is 2.12. The van der Waals surface area contributed by atoms with Gasteiger partial charge in [0, 0.05) is 6.42 Å². The first-order valence-corrected chi connectivity index (χ1v) is 7.06. The maximum Gasteiger partial charge on any atom is 0.168 e. The molecule has 0 heterocycles. The van der Waals surface area contributed by atoms with Gasteiger partial charge in [-0.05, 0) is 29.9 Å². The number of ether oxygens (including phenoxy) is 1. The number of halogens is 1. The van der Waals surface area contributed by atoms with Gasteiger partial charge in [-0.25, -0.2) is 4.39 Å². The molecular weight excluding hydrogens is 243 g/mol. The average Bonchev–Trinajstić information content (AvgIpc) is 2.42. The summed E-state index contributed by atoms with van der Waals surface area (Å²) in [5.41, 5.74) is 0.465. The Morgan fingerprint density at radius 3 is 2.63 bits per heavy atom. The molecule has 2 nitrogen and oxygen atoms in total. The number of hydrogen-bond acceptors (Lipinski definition) is 2. The van der Waals surface area contributed by atoms with Crippen LogP contribution in [0.5, 0.6) is 5.75 Å². The summed E-state index contributed by atoms with van der Waals surface area (Å²) in [5, 5.41) is 10.5. The van der Waals surface area contributed by atoms with Crippen molar-refractivity contribution >= 4 is 0 Å². The van der Waals surface area contributed by atoms with E-state index in [1.165, 1.54) is 13.5 Å². The van der Waals surface area contributed by atoms with E-state index in [0.717, 1.165) is 25.7 Å². The fraction of sp³-hybridized carbons (Fsp3) is 0.625. The summed E-state index contributed by atoms with van der Waals surface area (Å²) in [6.45, 7) is 2.12. The van der Waals surface area contributed by atoms with E-state index in [1.54, 1.807) is 18.2 Å². The molecule has 1 saturated carbocycles. The molecule has 0 spiro atoms. The maximum atomic E-state index is 14.1. The number of methoxy groups -OCH3 is 1. The van der Waals surface area contributed by atoms with E-state index in [4.69, 9.17) is 4.74 Å². The molecule has 1 aromatic rings. The molecule has 2 rings (SSSR count). The highest BCUT2D eigenvalue weighted by Crippen LogP contribution is 2.40. The molecule has 1 atom stereocenters. The quantitative estimate of drug-likeness (QED) is 0.900. The minimum Gasteiger partial charge on any atom is -0.494 e. The third-order valence-corrected chi connectivity index (χ3v) is 4.48. The number of aliphatic hydroxyl groups excluding tert-OH is 1. The summed E-state index contributed by atoms with van der Waals surface area (Å²) in [5.74, 6) is -0.0954. The van der Waals surface area contributed by atoms with Gasteiger partial charge >= 0.3 is 0 Å². The number of hydrogen-bond donors (Lipinski definition) is 1. The predicted octanol–water partition coefficient (Wildman–Crippen LogP) is 3.71. The van der Waals surface area contributed by atoms with Crippen LogP contribution < -0.4 is 4.74 Å². The van der Waals surface area contributed by atoms with Gasteiger partial charge in [0.25, 0.3) is 0 Å². The van der Waals surface area contributed by atoms with E-state index in [-0.39, 0.29) is 17.0 Å². The van der Waals surface area contributed by atoms with Gasteiger partial charge in [-0.1, -0.05) is 38.3 Å². The molecule has 0 radical (unpaired) electrons. The van der Waals surface area contributed by atoms with Crippen LogP contribution in [-0.4, -0.2) is 18.3 Å². The number of benzene rings is 1. The van der Waals surface area contributed by atoms with Crippen molar-refractivity contribution in [2.24, 2.45) is 5.41 Å². The molecule has 3 heteroatoms. The summed E-state index contributed by atoms with van der Waals surface area (Å²) in [4.78, 5) is 0. The summed E-state index contributed by atoms with van der Waals surface area (Å²) in [6, 6.07) is 5.11. The van der Waals surface area contributed by atoms with Crippen LogP contribution in [0.25, 0.3) is 0 Å². The zero-order valence-electron chi connectivity index (χ0n) is 11.8. The smallest absolute Gasteiger partial charge is 0.168 e. The van der Waals surface area contributed by atoms with E-state index in [1.807, 2.05) is 0 Å². The van der Waals surface area contributed by atoms with Crippen LogP contribution in [0, 0.1) is 11.2 Å². The molecule has 0 aromatic heterocycles. The zero-order valence-corrected chi connectivity index (χ0v) is 11.8. The van der Waals surface area contributed by atoms with Crippen molar-refractivity contribution in [3.05, 3.63) is 29.6 Å². The molecule has 0 bridgehead atoms. The van der Waals surface area contributed by atoms with Crippen molar-refractivity contribution in [1.29, 1.82) is 0 Å². The highest BCUT2D eigenvalue weighted by atomic mass is 19.1. The SMILES string of the molecule is COc1cccc(CC(O)C2(C)CCCCC2)c1F. The highest BCUT2D eigenvalue weighted by Gasteiger charge is 2.34. The Kier molecular flexibility index (Phi) is 4.46. The molecule has 0 aliphatic heterocycles. The van der Waals surface area contributed by atoms with Gasteiger partial charge in [0.1, 0.15) is 0 Å². The molecule has 1 fully saturated rings. The fourth-order valence-corrected chi connectivity index (χ4v) is 3.02. The Hall–Kier alpha value is -1.09. The molecule has 19 heavy (non-hydrogen) atoms. The van der Waals surface area contributed by atoms with Crippen LogP contribution in [0.4, 0.5) is 4.39 Å². The zero-order chi connectivity index (χ0) is 13.9. The first-order valence-electron chi connectivity index (χ1n) is 7.06. The Morgan fingerprint density at radius 2 is 2.00 bits per heavy atom. The minimum atomic E-state index is -0.491. The second-order valence-electron chi connectivity index (χ2n) is 5.87.